The van der Waals surface area contributed by atoms with E-state index >= 15 is 0 Å². The minimum absolute atomic E-state index is 0.525. The fraction of sp³-hybridized carbons (Fsp3) is 0.769. The maximum atomic E-state index is 5.75. The van der Waals surface area contributed by atoms with Crippen molar-refractivity contribution in [1.82, 2.24) is 4.98 Å². The Balaban J connectivity index is 1.99. The largest absolute Gasteiger partial charge is 0.381 e. The predicted molar refractivity (Wildman–Crippen MR) is 77.5 cm³/mol. The SMILES string of the molecule is COCc1nc(N(C)CC2CCCOC2)sc1CN. The number of hydrogen-bond acceptors (Lipinski definition) is 6. The van der Waals surface area contributed by atoms with Crippen molar-refractivity contribution in [2.45, 2.75) is 26.0 Å². The molecule has 1 aromatic rings. The average Bonchev–Trinajstić information content (AvgIpc) is 2.83. The second kappa shape index (κ2) is 7.19. The first-order valence-corrected chi connectivity index (χ1v) is 7.52. The fourth-order valence-corrected chi connectivity index (χ4v) is 3.27. The van der Waals surface area contributed by atoms with Crippen molar-refractivity contribution in [2.75, 3.05) is 38.8 Å². The van der Waals surface area contributed by atoms with Crippen molar-refractivity contribution >= 4 is 16.5 Å². The fourth-order valence-electron chi connectivity index (χ4n) is 2.36. The Morgan fingerprint density at radius 1 is 1.58 bits per heavy atom. The summed E-state index contributed by atoms with van der Waals surface area (Å²) in [4.78, 5) is 7.96. The molecule has 2 N–H and O–H groups in total. The van der Waals surface area contributed by atoms with Crippen LogP contribution in [-0.4, -0.2) is 38.9 Å². The van der Waals surface area contributed by atoms with Gasteiger partial charge in [-0.15, -0.1) is 11.3 Å². The first kappa shape index (κ1) is 14.7. The number of ether oxygens (including phenoxy) is 2. The number of aromatic nitrogens is 1. The molecule has 1 unspecified atom stereocenters. The quantitative estimate of drug-likeness (QED) is 0.860. The van der Waals surface area contributed by atoms with Gasteiger partial charge in [-0.25, -0.2) is 4.98 Å². The molecule has 0 aromatic carbocycles. The Morgan fingerprint density at radius 3 is 3.05 bits per heavy atom. The summed E-state index contributed by atoms with van der Waals surface area (Å²) in [7, 11) is 3.77. The molecule has 19 heavy (non-hydrogen) atoms. The van der Waals surface area contributed by atoms with Crippen LogP contribution in [0.4, 0.5) is 5.13 Å². The van der Waals surface area contributed by atoms with E-state index in [1.165, 1.54) is 12.8 Å². The maximum Gasteiger partial charge on any atom is 0.185 e. The molecule has 1 aromatic heterocycles. The van der Waals surface area contributed by atoms with Gasteiger partial charge in [0.15, 0.2) is 5.13 Å². The number of nitrogens with zero attached hydrogens (tertiary/aromatic N) is 2. The molecule has 1 aliphatic rings. The van der Waals surface area contributed by atoms with Crippen LogP contribution in [0.15, 0.2) is 0 Å². The Labute approximate surface area is 118 Å². The molecule has 5 nitrogen and oxygen atoms in total. The number of methoxy groups -OCH3 is 1. The highest BCUT2D eigenvalue weighted by Gasteiger charge is 2.19. The van der Waals surface area contributed by atoms with Crippen LogP contribution in [0.2, 0.25) is 0 Å². The molecule has 0 aliphatic carbocycles. The number of thiazole rings is 1. The van der Waals surface area contributed by atoms with Gasteiger partial charge in [-0.1, -0.05) is 0 Å². The first-order chi connectivity index (χ1) is 9.24. The summed E-state index contributed by atoms with van der Waals surface area (Å²) in [6, 6.07) is 0. The molecular formula is C13H23N3O2S. The Bertz CT molecular complexity index is 391. The smallest absolute Gasteiger partial charge is 0.185 e. The molecule has 2 rings (SSSR count). The van der Waals surface area contributed by atoms with E-state index in [2.05, 4.69) is 16.9 Å². The van der Waals surface area contributed by atoms with Gasteiger partial charge in [-0.3, -0.25) is 0 Å². The zero-order valence-corrected chi connectivity index (χ0v) is 12.5. The van der Waals surface area contributed by atoms with Crippen molar-refractivity contribution < 1.29 is 9.47 Å². The molecule has 0 saturated carbocycles. The highest BCUT2D eigenvalue weighted by Crippen LogP contribution is 2.27. The monoisotopic (exact) mass is 285 g/mol. The van der Waals surface area contributed by atoms with Crippen molar-refractivity contribution in [3.63, 3.8) is 0 Å². The topological polar surface area (TPSA) is 60.6 Å². The minimum Gasteiger partial charge on any atom is -0.381 e. The lowest BCUT2D eigenvalue weighted by Crippen LogP contribution is -2.30. The highest BCUT2D eigenvalue weighted by atomic mass is 32.1. The van der Waals surface area contributed by atoms with Gasteiger partial charge in [0.25, 0.3) is 0 Å². The second-order valence-electron chi connectivity index (χ2n) is 4.97. The molecule has 0 spiro atoms. The molecule has 108 valence electrons. The molecule has 1 fully saturated rings. The van der Waals surface area contributed by atoms with Crippen LogP contribution >= 0.6 is 11.3 Å². The summed E-state index contributed by atoms with van der Waals surface area (Å²) in [5.41, 5.74) is 6.72. The van der Waals surface area contributed by atoms with Crippen LogP contribution in [0.5, 0.6) is 0 Å². The summed E-state index contributed by atoms with van der Waals surface area (Å²) >= 11 is 1.67. The van der Waals surface area contributed by atoms with Crippen LogP contribution in [0.25, 0.3) is 0 Å². The van der Waals surface area contributed by atoms with Gasteiger partial charge in [0.05, 0.1) is 18.9 Å². The average molecular weight is 285 g/mol. The lowest BCUT2D eigenvalue weighted by atomic mass is 10.0. The number of nitrogens with two attached hydrogens (primary N) is 1. The summed E-state index contributed by atoms with van der Waals surface area (Å²) in [5.74, 6) is 0.606. The second-order valence-corrected chi connectivity index (χ2v) is 6.03. The number of anilines is 1. The normalized spacial score (nSPS) is 19.6. The van der Waals surface area contributed by atoms with E-state index in [-0.39, 0.29) is 0 Å². The third kappa shape index (κ3) is 3.89. The first-order valence-electron chi connectivity index (χ1n) is 6.71. The number of rotatable bonds is 6. The molecule has 1 saturated heterocycles. The summed E-state index contributed by atoms with van der Waals surface area (Å²) < 4.78 is 10.7. The van der Waals surface area contributed by atoms with Crippen LogP contribution in [-0.2, 0) is 22.6 Å². The number of hydrogen-bond donors (Lipinski definition) is 1. The van der Waals surface area contributed by atoms with Gasteiger partial charge >= 0.3 is 0 Å². The van der Waals surface area contributed by atoms with Crippen LogP contribution in [0, 0.1) is 5.92 Å². The van der Waals surface area contributed by atoms with E-state index in [1.54, 1.807) is 18.4 Å². The summed E-state index contributed by atoms with van der Waals surface area (Å²) in [6.45, 7) is 3.82. The van der Waals surface area contributed by atoms with Crippen molar-refractivity contribution in [3.05, 3.63) is 10.6 Å². The van der Waals surface area contributed by atoms with Gasteiger partial charge in [0.1, 0.15) is 0 Å². The van der Waals surface area contributed by atoms with E-state index in [0.717, 1.165) is 35.5 Å². The molecule has 1 aliphatic heterocycles. The lowest BCUT2D eigenvalue weighted by Gasteiger charge is -2.26. The summed E-state index contributed by atoms with van der Waals surface area (Å²) in [6.07, 6.45) is 2.41. The van der Waals surface area contributed by atoms with Gasteiger partial charge in [-0.2, -0.15) is 0 Å². The van der Waals surface area contributed by atoms with Gasteiger partial charge in [-0.05, 0) is 18.8 Å². The Hall–Kier alpha value is -0.690. The molecule has 0 radical (unpaired) electrons. The van der Waals surface area contributed by atoms with Crippen molar-refractivity contribution in [1.29, 1.82) is 0 Å². The lowest BCUT2D eigenvalue weighted by molar-refractivity contribution is 0.0576. The van der Waals surface area contributed by atoms with E-state index in [1.807, 2.05) is 0 Å². The zero-order valence-electron chi connectivity index (χ0n) is 11.7. The minimum atomic E-state index is 0.525. The third-order valence-corrected chi connectivity index (χ3v) is 4.58. The van der Waals surface area contributed by atoms with E-state index in [9.17, 15) is 0 Å². The highest BCUT2D eigenvalue weighted by molar-refractivity contribution is 7.15. The molecular weight excluding hydrogens is 262 g/mol. The third-order valence-electron chi connectivity index (χ3n) is 3.35. The Morgan fingerprint density at radius 2 is 2.42 bits per heavy atom. The van der Waals surface area contributed by atoms with Gasteiger partial charge in [0, 0.05) is 38.7 Å². The van der Waals surface area contributed by atoms with Crippen LogP contribution in [0.3, 0.4) is 0 Å². The maximum absolute atomic E-state index is 5.75. The molecule has 6 heteroatoms. The van der Waals surface area contributed by atoms with Gasteiger partial charge < -0.3 is 20.1 Å². The van der Waals surface area contributed by atoms with Crippen LogP contribution in [0.1, 0.15) is 23.4 Å². The molecule has 0 amide bonds. The van der Waals surface area contributed by atoms with Crippen molar-refractivity contribution in [3.8, 4) is 0 Å². The van der Waals surface area contributed by atoms with Crippen molar-refractivity contribution in [2.24, 2.45) is 11.7 Å². The zero-order chi connectivity index (χ0) is 13.7. The molecule has 1 atom stereocenters. The van der Waals surface area contributed by atoms with E-state index in [0.29, 0.717) is 19.1 Å². The van der Waals surface area contributed by atoms with E-state index in [4.69, 9.17) is 15.2 Å². The predicted octanol–water partition coefficient (Wildman–Crippen LogP) is 1.61. The van der Waals surface area contributed by atoms with E-state index < -0.39 is 0 Å². The van der Waals surface area contributed by atoms with Crippen LogP contribution < -0.4 is 10.6 Å². The molecule has 0 bridgehead atoms. The molecule has 2 heterocycles. The summed E-state index contributed by atoms with van der Waals surface area (Å²) in [5, 5.41) is 1.03. The van der Waals surface area contributed by atoms with Gasteiger partial charge in [0.2, 0.25) is 0 Å². The standard InChI is InChI=1S/C13H23N3O2S/c1-16(7-10-4-3-5-18-8-10)13-15-11(9-17-2)12(6-14)19-13/h10H,3-9,14H2,1-2H3. The Kier molecular flexibility index (Phi) is 5.57.